The van der Waals surface area contributed by atoms with E-state index in [1.54, 1.807) is 0 Å². The zero-order valence-corrected chi connectivity index (χ0v) is 13.2. The fourth-order valence-corrected chi connectivity index (χ4v) is 1.38. The molecule has 1 rings (SSSR count). The Morgan fingerprint density at radius 2 is 1.59 bits per heavy atom. The summed E-state index contributed by atoms with van der Waals surface area (Å²) in [5.74, 6) is -3.56. The van der Waals surface area contributed by atoms with Crippen molar-refractivity contribution in [3.8, 4) is 11.5 Å². The maximum atomic E-state index is 12.9. The Labute approximate surface area is 132 Å². The van der Waals surface area contributed by atoms with E-state index in [0.29, 0.717) is 0 Å². The van der Waals surface area contributed by atoms with Gasteiger partial charge in [0.25, 0.3) is 0 Å². The molecule has 0 N–H and O–H groups in total. The first-order valence-electron chi connectivity index (χ1n) is 5.46. The Bertz CT molecular complexity index is 670. The van der Waals surface area contributed by atoms with E-state index in [2.05, 4.69) is 20.7 Å². The first kappa shape index (κ1) is 18.5. The van der Waals surface area contributed by atoms with Crippen LogP contribution in [0.25, 0.3) is 0 Å². The highest BCUT2D eigenvalue weighted by Crippen LogP contribution is 2.25. The summed E-state index contributed by atoms with van der Waals surface area (Å²) in [5, 5.41) is -5.20. The number of carbonyl (C=O) groups is 2. The summed E-state index contributed by atoms with van der Waals surface area (Å²) in [7, 11) is -6.19. The highest BCUT2D eigenvalue weighted by molar-refractivity contribution is 9.10. The number of carbonyl (C=O) groups excluding carboxylic acids is 2. The molecule has 0 bridgehead atoms. The van der Waals surface area contributed by atoms with Crippen LogP contribution in [0.3, 0.4) is 0 Å². The molecule has 0 amide bonds. The largest absolute Gasteiger partial charge is 0.743 e. The monoisotopic (exact) mass is 401 g/mol. The van der Waals surface area contributed by atoms with Crippen LogP contribution in [0.1, 0.15) is 6.92 Å². The van der Waals surface area contributed by atoms with Gasteiger partial charge in [-0.3, -0.25) is 4.79 Å². The summed E-state index contributed by atoms with van der Waals surface area (Å²) >= 11 is 2.97. The lowest BCUT2D eigenvalue weighted by molar-refractivity contribution is -0.151. The van der Waals surface area contributed by atoms with Crippen molar-refractivity contribution in [3.05, 3.63) is 24.3 Å². The first-order valence-corrected chi connectivity index (χ1v) is 7.79. The third-order valence-corrected chi connectivity index (χ3v) is 3.30. The van der Waals surface area contributed by atoms with Gasteiger partial charge in [-0.1, -0.05) is 15.9 Å². The molecule has 0 fully saturated rings. The van der Waals surface area contributed by atoms with Gasteiger partial charge in [-0.25, -0.2) is 13.2 Å². The van der Waals surface area contributed by atoms with Gasteiger partial charge in [0, 0.05) is 0 Å². The van der Waals surface area contributed by atoms with E-state index in [1.807, 2.05) is 0 Å². The molecule has 22 heavy (non-hydrogen) atoms. The lowest BCUT2D eigenvalue weighted by atomic mass is 10.3. The molecule has 0 saturated heterocycles. The highest BCUT2D eigenvalue weighted by atomic mass is 79.9. The lowest BCUT2D eigenvalue weighted by Gasteiger charge is -2.17. The minimum absolute atomic E-state index is 0.0410. The van der Waals surface area contributed by atoms with Crippen molar-refractivity contribution in [2.24, 2.45) is 0 Å². The van der Waals surface area contributed by atoms with Gasteiger partial charge in [0.2, 0.25) is 0 Å². The molecule has 1 aromatic rings. The maximum absolute atomic E-state index is 12.9. The molecule has 0 aliphatic rings. The predicted molar refractivity (Wildman–Crippen MR) is 70.7 cm³/mol. The zero-order chi connectivity index (χ0) is 17.1. The molecule has 7 nitrogen and oxygen atoms in total. The van der Waals surface area contributed by atoms with Crippen LogP contribution in [0.5, 0.6) is 11.5 Å². The number of benzene rings is 1. The Kier molecular flexibility index (Phi) is 5.59. The Morgan fingerprint density at radius 1 is 1.18 bits per heavy atom. The molecular weight excluding hydrogens is 394 g/mol. The number of hydrogen-bond acceptors (Lipinski definition) is 7. The molecule has 1 aromatic carbocycles. The number of hydrogen-bond donors (Lipinski definition) is 0. The van der Waals surface area contributed by atoms with Gasteiger partial charge in [-0.15, -0.1) is 0 Å². The van der Waals surface area contributed by atoms with Crippen LogP contribution >= 0.6 is 15.9 Å². The Hall–Kier alpha value is -1.59. The smallest absolute Gasteiger partial charge is 0.429 e. The minimum Gasteiger partial charge on any atom is -0.743 e. The fourth-order valence-electron chi connectivity index (χ4n) is 1.04. The second-order valence-electron chi connectivity index (χ2n) is 3.87. The highest BCUT2D eigenvalue weighted by Gasteiger charge is 2.48. The molecule has 0 saturated carbocycles. The normalized spacial score (nSPS) is 13.3. The molecule has 11 heteroatoms. The molecule has 0 aliphatic carbocycles. The van der Waals surface area contributed by atoms with Crippen LogP contribution in [0.15, 0.2) is 24.3 Å². The van der Waals surface area contributed by atoms with Crippen molar-refractivity contribution in [2.45, 2.75) is 17.0 Å². The van der Waals surface area contributed by atoms with Crippen molar-refractivity contribution in [1.29, 1.82) is 0 Å². The van der Waals surface area contributed by atoms with Crippen LogP contribution in [-0.4, -0.2) is 35.0 Å². The topological polar surface area (TPSA) is 110 Å². The SMILES string of the molecule is CC(Br)C(=O)Oc1ccc(OC(=O)C(F)(F)S(=O)(=O)[O-])cc1. The van der Waals surface area contributed by atoms with E-state index >= 15 is 0 Å². The molecule has 122 valence electrons. The van der Waals surface area contributed by atoms with E-state index in [1.165, 1.54) is 6.92 Å². The van der Waals surface area contributed by atoms with Crippen molar-refractivity contribution < 1.29 is 40.8 Å². The molecule has 1 atom stereocenters. The summed E-state index contributed by atoms with van der Waals surface area (Å²) < 4.78 is 65.5. The van der Waals surface area contributed by atoms with E-state index < -0.39 is 37.9 Å². The Morgan fingerprint density at radius 3 is 1.95 bits per heavy atom. The average Bonchev–Trinajstić information content (AvgIpc) is 2.39. The van der Waals surface area contributed by atoms with Crippen molar-refractivity contribution in [1.82, 2.24) is 0 Å². The van der Waals surface area contributed by atoms with Crippen LogP contribution in [0.2, 0.25) is 0 Å². The molecule has 0 radical (unpaired) electrons. The molecule has 0 heterocycles. The second-order valence-corrected chi connectivity index (χ2v) is 6.66. The van der Waals surface area contributed by atoms with Crippen LogP contribution < -0.4 is 9.47 Å². The fraction of sp³-hybridized carbons (Fsp3) is 0.273. The summed E-state index contributed by atoms with van der Waals surface area (Å²) in [4.78, 5) is 21.7. The first-order chi connectivity index (χ1) is 9.95. The summed E-state index contributed by atoms with van der Waals surface area (Å²) in [6.45, 7) is 1.52. The number of ether oxygens (including phenoxy) is 2. The van der Waals surface area contributed by atoms with Crippen LogP contribution in [-0.2, 0) is 19.7 Å². The van der Waals surface area contributed by atoms with E-state index in [0.717, 1.165) is 24.3 Å². The number of esters is 2. The molecule has 0 aliphatic heterocycles. The van der Waals surface area contributed by atoms with Crippen molar-refractivity contribution in [2.75, 3.05) is 0 Å². The van der Waals surface area contributed by atoms with E-state index in [-0.39, 0.29) is 5.75 Å². The predicted octanol–water partition coefficient (Wildman–Crippen LogP) is 1.42. The Balaban J connectivity index is 2.81. The van der Waals surface area contributed by atoms with Gasteiger partial charge in [0.15, 0.2) is 10.1 Å². The van der Waals surface area contributed by atoms with Crippen LogP contribution in [0, 0.1) is 0 Å². The number of alkyl halides is 3. The van der Waals surface area contributed by atoms with Gasteiger partial charge < -0.3 is 14.0 Å². The minimum atomic E-state index is -6.19. The average molecular weight is 402 g/mol. The van der Waals surface area contributed by atoms with Gasteiger partial charge >= 0.3 is 17.2 Å². The zero-order valence-electron chi connectivity index (χ0n) is 10.8. The standard InChI is InChI=1S/C11H9BrF2O7S/c1-6(12)9(15)20-7-2-4-8(5-3-7)21-10(16)11(13,14)22(17,18)19/h2-6H,1H3,(H,17,18,19)/p-1. The van der Waals surface area contributed by atoms with Crippen molar-refractivity contribution >= 4 is 38.0 Å². The van der Waals surface area contributed by atoms with Gasteiger partial charge in [0.1, 0.15) is 16.3 Å². The third kappa shape index (κ3) is 4.45. The van der Waals surface area contributed by atoms with E-state index in [4.69, 9.17) is 4.74 Å². The van der Waals surface area contributed by atoms with Gasteiger partial charge in [-0.05, 0) is 31.2 Å². The summed E-state index contributed by atoms with van der Waals surface area (Å²) in [5.41, 5.74) is 0. The number of halogens is 3. The number of rotatable bonds is 5. The van der Waals surface area contributed by atoms with Gasteiger partial charge in [0.05, 0.1) is 0 Å². The summed E-state index contributed by atoms with van der Waals surface area (Å²) in [6, 6.07) is 4.21. The van der Waals surface area contributed by atoms with Gasteiger partial charge in [-0.2, -0.15) is 8.78 Å². The molecule has 0 aromatic heterocycles. The quantitative estimate of drug-likeness (QED) is 0.317. The lowest BCUT2D eigenvalue weighted by Crippen LogP contribution is -2.40. The molecular formula is C11H8BrF2O7S-. The second kappa shape index (κ2) is 6.67. The molecule has 0 spiro atoms. The van der Waals surface area contributed by atoms with E-state index in [9.17, 15) is 31.3 Å². The van der Waals surface area contributed by atoms with Crippen LogP contribution in [0.4, 0.5) is 8.78 Å². The third-order valence-electron chi connectivity index (χ3n) is 2.13. The summed E-state index contributed by atoms with van der Waals surface area (Å²) in [6.07, 6.45) is 0. The maximum Gasteiger partial charge on any atom is 0.429 e. The molecule has 1 unspecified atom stereocenters. The van der Waals surface area contributed by atoms with Crippen molar-refractivity contribution in [3.63, 3.8) is 0 Å².